The number of pyridine rings is 1. The average molecular weight is 551 g/mol. The van der Waals surface area contributed by atoms with E-state index in [2.05, 4.69) is 39.9 Å². The molecule has 0 saturated heterocycles. The Morgan fingerprint density at radius 1 is 1.13 bits per heavy atom. The van der Waals surface area contributed by atoms with E-state index in [0.29, 0.717) is 40.9 Å². The van der Waals surface area contributed by atoms with Gasteiger partial charge in [-0.1, -0.05) is 29.8 Å². The summed E-state index contributed by atoms with van der Waals surface area (Å²) in [5.41, 5.74) is 1.19. The molecule has 1 aromatic carbocycles. The van der Waals surface area contributed by atoms with E-state index in [0.717, 1.165) is 15.8 Å². The number of thiazole rings is 1. The molecule has 0 bridgehead atoms. The number of hydrogen-bond donors (Lipinski definition) is 4. The van der Waals surface area contributed by atoms with Gasteiger partial charge in [0.25, 0.3) is 0 Å². The highest BCUT2D eigenvalue weighted by atomic mass is 32.2. The van der Waals surface area contributed by atoms with Crippen molar-refractivity contribution in [3.63, 3.8) is 0 Å². The Kier molecular flexibility index (Phi) is 6.02. The summed E-state index contributed by atoms with van der Waals surface area (Å²) in [7, 11) is -1.26. The molecule has 6 atom stereocenters. The summed E-state index contributed by atoms with van der Waals surface area (Å²) >= 11 is 1.48. The molecule has 2 aliphatic rings. The summed E-state index contributed by atoms with van der Waals surface area (Å²) in [6, 6.07) is 10.1. The maximum absolute atomic E-state index is 12.3. The van der Waals surface area contributed by atoms with Gasteiger partial charge >= 0.3 is 0 Å². The molecule has 38 heavy (non-hydrogen) atoms. The molecule has 9 nitrogen and oxygen atoms in total. The molecule has 0 radical (unpaired) electrons. The van der Waals surface area contributed by atoms with Crippen molar-refractivity contribution in [2.24, 2.45) is 5.92 Å². The predicted molar refractivity (Wildman–Crippen MR) is 150 cm³/mol. The number of fused-ring (bicyclic) bond motifs is 2. The second kappa shape index (κ2) is 9.04. The number of anilines is 2. The Labute approximate surface area is 227 Å². The minimum atomic E-state index is -1.68. The highest BCUT2D eigenvalue weighted by Crippen LogP contribution is 2.63. The monoisotopic (exact) mass is 550 g/mol. The van der Waals surface area contributed by atoms with Crippen LogP contribution in [0.2, 0.25) is 0 Å². The first kappa shape index (κ1) is 25.3. The standard InChI is InChI=1S/C27H30N6O3S2/c1-14-5-7-17(8-6-14)15(2)29-25-30-16(3)21(24-31-19-13-28-12-10-20(19)37-24)23(32-25)33-26(34)11-9-18-22(38(4)36)27(18,26)35/h5-8,10,12-13,15,18,22,34-35H,9,11H2,1-4H3,(H2,29,30,32,33). The Bertz CT molecular complexity index is 1530. The van der Waals surface area contributed by atoms with Crippen molar-refractivity contribution in [2.75, 3.05) is 16.9 Å². The zero-order chi connectivity index (χ0) is 26.8. The van der Waals surface area contributed by atoms with Crippen molar-refractivity contribution >= 4 is 44.1 Å². The van der Waals surface area contributed by atoms with Crippen molar-refractivity contribution in [3.05, 3.63) is 59.5 Å². The van der Waals surface area contributed by atoms with Gasteiger partial charge in [0, 0.05) is 29.2 Å². The third kappa shape index (κ3) is 4.00. The van der Waals surface area contributed by atoms with E-state index in [-0.39, 0.29) is 12.0 Å². The summed E-state index contributed by atoms with van der Waals surface area (Å²) in [5.74, 6) is 0.540. The summed E-state index contributed by atoms with van der Waals surface area (Å²) < 4.78 is 13.3. The molecule has 4 aromatic rings. The number of rotatable bonds is 7. The van der Waals surface area contributed by atoms with Gasteiger partial charge in [0.1, 0.15) is 21.9 Å². The molecule has 0 amide bonds. The largest absolute Gasteiger partial charge is 0.383 e. The van der Waals surface area contributed by atoms with Crippen LogP contribution in [-0.2, 0) is 10.8 Å². The fourth-order valence-corrected chi connectivity index (χ4v) is 8.37. The molecule has 198 valence electrons. The molecule has 2 saturated carbocycles. The van der Waals surface area contributed by atoms with Gasteiger partial charge < -0.3 is 20.8 Å². The van der Waals surface area contributed by atoms with Crippen LogP contribution >= 0.6 is 11.3 Å². The molecule has 3 aromatic heterocycles. The number of nitrogens with one attached hydrogen (secondary N) is 2. The lowest BCUT2D eigenvalue weighted by Gasteiger charge is -2.33. The van der Waals surface area contributed by atoms with E-state index in [9.17, 15) is 14.4 Å². The van der Waals surface area contributed by atoms with Crippen LogP contribution in [0.5, 0.6) is 0 Å². The molecule has 11 heteroatoms. The number of nitrogens with zero attached hydrogens (tertiary/aromatic N) is 4. The van der Waals surface area contributed by atoms with Gasteiger partial charge in [-0.25, -0.2) is 9.97 Å². The number of aliphatic hydroxyl groups is 2. The first-order valence-corrected chi connectivity index (χ1v) is 15.0. The van der Waals surface area contributed by atoms with Gasteiger partial charge in [0.2, 0.25) is 5.95 Å². The van der Waals surface area contributed by atoms with Crippen LogP contribution in [0, 0.1) is 19.8 Å². The number of hydrogen-bond acceptors (Lipinski definition) is 10. The molecular weight excluding hydrogens is 520 g/mol. The first-order valence-electron chi connectivity index (χ1n) is 12.6. The van der Waals surface area contributed by atoms with Crippen molar-refractivity contribution in [2.45, 2.75) is 56.2 Å². The van der Waals surface area contributed by atoms with Gasteiger partial charge in [0.15, 0.2) is 5.72 Å². The van der Waals surface area contributed by atoms with Crippen LogP contribution < -0.4 is 10.6 Å². The van der Waals surface area contributed by atoms with Crippen LogP contribution in [0.4, 0.5) is 11.8 Å². The Morgan fingerprint density at radius 2 is 1.89 bits per heavy atom. The SMILES string of the molecule is Cc1ccc(C(C)Nc2nc(C)c(-c3nc4cnccc4s3)c(NC3(O)CCC4C(S(C)=O)C43O)n2)cc1. The van der Waals surface area contributed by atoms with E-state index >= 15 is 0 Å². The van der Waals surface area contributed by atoms with Crippen molar-refractivity contribution < 1.29 is 14.4 Å². The number of aryl methyl sites for hydroxylation is 2. The summed E-state index contributed by atoms with van der Waals surface area (Å²) in [4.78, 5) is 18.5. The van der Waals surface area contributed by atoms with Crippen molar-refractivity contribution in [3.8, 4) is 10.6 Å². The molecular formula is C27H30N6O3S2. The summed E-state index contributed by atoms with van der Waals surface area (Å²) in [6.45, 7) is 5.97. The number of benzene rings is 1. The van der Waals surface area contributed by atoms with Gasteiger partial charge in [-0.15, -0.1) is 11.3 Å². The third-order valence-corrected chi connectivity index (χ3v) is 10.3. The lowest BCUT2D eigenvalue weighted by Crippen LogP contribution is -2.52. The van der Waals surface area contributed by atoms with Crippen LogP contribution in [0.3, 0.4) is 0 Å². The molecule has 0 spiro atoms. The van der Waals surface area contributed by atoms with E-state index < -0.39 is 27.4 Å². The lowest BCUT2D eigenvalue weighted by atomic mass is 10.0. The normalized spacial score (nSPS) is 27.6. The van der Waals surface area contributed by atoms with Crippen LogP contribution in [-0.4, -0.2) is 57.2 Å². The first-order chi connectivity index (χ1) is 18.1. The molecule has 3 heterocycles. The van der Waals surface area contributed by atoms with Crippen molar-refractivity contribution in [1.29, 1.82) is 0 Å². The minimum absolute atomic E-state index is 0.0688. The van der Waals surface area contributed by atoms with Crippen LogP contribution in [0.15, 0.2) is 42.7 Å². The molecule has 6 rings (SSSR count). The Morgan fingerprint density at radius 3 is 2.58 bits per heavy atom. The third-order valence-electron chi connectivity index (χ3n) is 7.83. The Balaban J connectivity index is 1.41. The molecule has 6 unspecified atom stereocenters. The lowest BCUT2D eigenvalue weighted by molar-refractivity contribution is -0.0614. The second-order valence-electron chi connectivity index (χ2n) is 10.4. The Hall–Kier alpha value is -2.99. The fraction of sp³-hybridized carbons (Fsp3) is 0.407. The predicted octanol–water partition coefficient (Wildman–Crippen LogP) is 3.94. The zero-order valence-corrected chi connectivity index (χ0v) is 23.2. The highest BCUT2D eigenvalue weighted by molar-refractivity contribution is 7.85. The average Bonchev–Trinajstić information content (AvgIpc) is 3.15. The van der Waals surface area contributed by atoms with E-state index in [1.807, 2.05) is 26.8 Å². The summed E-state index contributed by atoms with van der Waals surface area (Å²) in [5, 5.41) is 29.9. The van der Waals surface area contributed by atoms with Crippen molar-refractivity contribution in [1.82, 2.24) is 19.9 Å². The minimum Gasteiger partial charge on any atom is -0.383 e. The molecule has 0 aliphatic heterocycles. The zero-order valence-electron chi connectivity index (χ0n) is 21.6. The molecule has 2 aliphatic carbocycles. The number of aromatic nitrogens is 4. The topological polar surface area (TPSA) is 133 Å². The van der Waals surface area contributed by atoms with Gasteiger partial charge in [-0.3, -0.25) is 9.19 Å². The second-order valence-corrected chi connectivity index (χ2v) is 12.9. The van der Waals surface area contributed by atoms with E-state index in [1.54, 1.807) is 18.6 Å². The quantitative estimate of drug-likeness (QED) is 0.253. The smallest absolute Gasteiger partial charge is 0.225 e. The highest BCUT2D eigenvalue weighted by Gasteiger charge is 2.79. The summed E-state index contributed by atoms with van der Waals surface area (Å²) in [6.07, 6.45) is 5.90. The maximum atomic E-state index is 12.3. The maximum Gasteiger partial charge on any atom is 0.225 e. The van der Waals surface area contributed by atoms with Crippen LogP contribution in [0.1, 0.15) is 42.6 Å². The molecule has 2 fully saturated rings. The van der Waals surface area contributed by atoms with E-state index in [1.165, 1.54) is 16.9 Å². The van der Waals surface area contributed by atoms with E-state index in [4.69, 9.17) is 15.0 Å². The van der Waals surface area contributed by atoms with Gasteiger partial charge in [0.05, 0.1) is 33.4 Å². The molecule has 4 N–H and O–H groups in total. The van der Waals surface area contributed by atoms with Crippen LogP contribution in [0.25, 0.3) is 20.8 Å². The van der Waals surface area contributed by atoms with Gasteiger partial charge in [-0.2, -0.15) is 4.98 Å². The fourth-order valence-electron chi connectivity index (χ4n) is 5.73. The van der Waals surface area contributed by atoms with Gasteiger partial charge in [-0.05, 0) is 45.2 Å².